The molecule has 2 rings (SSSR count). The lowest BCUT2D eigenvalue weighted by Crippen LogP contribution is -2.31. The molecule has 0 aliphatic carbocycles. The molecule has 0 unspecified atom stereocenters. The molecule has 0 aromatic carbocycles. The van der Waals surface area contributed by atoms with Gasteiger partial charge < -0.3 is 16.0 Å². The Hall–Kier alpha value is -1.52. The van der Waals surface area contributed by atoms with Crippen LogP contribution in [0.5, 0.6) is 0 Å². The molecule has 1 aliphatic rings. The van der Waals surface area contributed by atoms with Crippen molar-refractivity contribution in [1.82, 2.24) is 9.97 Å². The Bertz CT molecular complexity index is 371. The van der Waals surface area contributed by atoms with Crippen molar-refractivity contribution in [3.8, 4) is 0 Å². The highest BCUT2D eigenvalue weighted by molar-refractivity contribution is 5.75. The molecule has 2 heterocycles. The Kier molecular flexibility index (Phi) is 3.66. The van der Waals surface area contributed by atoms with E-state index < -0.39 is 0 Å². The van der Waals surface area contributed by atoms with Gasteiger partial charge in [0, 0.05) is 19.1 Å². The number of hydrogen-bond donors (Lipinski definition) is 2. The van der Waals surface area contributed by atoms with Gasteiger partial charge in [0.25, 0.3) is 0 Å². The van der Waals surface area contributed by atoms with Gasteiger partial charge in [-0.25, -0.2) is 9.97 Å². The third-order valence-electron chi connectivity index (χ3n) is 2.94. The van der Waals surface area contributed by atoms with Crippen molar-refractivity contribution in [3.63, 3.8) is 0 Å². The molecule has 1 aromatic heterocycles. The molecule has 1 saturated heterocycles. The fourth-order valence-electron chi connectivity index (χ4n) is 2.13. The Morgan fingerprint density at radius 3 is 2.59 bits per heavy atom. The minimum atomic E-state index is 0.321. The van der Waals surface area contributed by atoms with Crippen LogP contribution in [-0.2, 0) is 0 Å². The second-order valence-electron chi connectivity index (χ2n) is 4.81. The van der Waals surface area contributed by atoms with E-state index in [-0.39, 0.29) is 0 Å². The summed E-state index contributed by atoms with van der Waals surface area (Å²) in [6.45, 7) is 6.23. The highest BCUT2D eigenvalue weighted by Crippen LogP contribution is 2.28. The molecule has 94 valence electrons. The van der Waals surface area contributed by atoms with E-state index >= 15 is 0 Å². The Morgan fingerprint density at radius 2 is 1.94 bits per heavy atom. The van der Waals surface area contributed by atoms with E-state index in [2.05, 4.69) is 34.0 Å². The van der Waals surface area contributed by atoms with Crippen molar-refractivity contribution in [2.75, 3.05) is 29.0 Å². The van der Waals surface area contributed by atoms with Gasteiger partial charge in [-0.2, -0.15) is 0 Å². The third kappa shape index (κ3) is 2.78. The third-order valence-corrected chi connectivity index (χ3v) is 2.94. The molecule has 3 N–H and O–H groups in total. The number of rotatable bonds is 3. The van der Waals surface area contributed by atoms with Crippen molar-refractivity contribution < 1.29 is 0 Å². The van der Waals surface area contributed by atoms with E-state index in [1.807, 2.05) is 0 Å². The van der Waals surface area contributed by atoms with Crippen LogP contribution in [0, 0.1) is 0 Å². The van der Waals surface area contributed by atoms with Gasteiger partial charge in [-0.15, -0.1) is 0 Å². The Morgan fingerprint density at radius 1 is 1.24 bits per heavy atom. The van der Waals surface area contributed by atoms with Crippen LogP contribution < -0.4 is 16.0 Å². The first kappa shape index (κ1) is 12.0. The number of nitrogen functional groups attached to an aromatic ring is 1. The summed E-state index contributed by atoms with van der Waals surface area (Å²) in [5.74, 6) is 1.62. The maximum Gasteiger partial charge on any atom is 0.157 e. The number of hydrogen-bond acceptors (Lipinski definition) is 5. The molecule has 1 fully saturated rings. The largest absolute Gasteiger partial charge is 0.393 e. The molecule has 0 saturated carbocycles. The summed E-state index contributed by atoms with van der Waals surface area (Å²) in [5, 5.41) is 3.25. The molecule has 0 bridgehead atoms. The average Bonchev–Trinajstić information content (AvgIpc) is 2.32. The van der Waals surface area contributed by atoms with Gasteiger partial charge in [0.05, 0.1) is 0 Å². The quantitative estimate of drug-likeness (QED) is 0.837. The zero-order valence-electron chi connectivity index (χ0n) is 10.6. The van der Waals surface area contributed by atoms with E-state index in [0.717, 1.165) is 24.7 Å². The molecule has 17 heavy (non-hydrogen) atoms. The van der Waals surface area contributed by atoms with Crippen LogP contribution in [0.4, 0.5) is 17.3 Å². The summed E-state index contributed by atoms with van der Waals surface area (Å²) in [6.07, 6.45) is 5.33. The number of anilines is 3. The van der Waals surface area contributed by atoms with Gasteiger partial charge >= 0.3 is 0 Å². The first-order valence-corrected chi connectivity index (χ1v) is 6.30. The lowest BCUT2D eigenvalue weighted by molar-refractivity contribution is 0.573. The number of nitrogens with one attached hydrogen (secondary N) is 1. The van der Waals surface area contributed by atoms with Gasteiger partial charge in [0.1, 0.15) is 12.0 Å². The van der Waals surface area contributed by atoms with Crippen LogP contribution in [0.3, 0.4) is 0 Å². The van der Waals surface area contributed by atoms with Crippen LogP contribution in [-0.4, -0.2) is 29.1 Å². The smallest absolute Gasteiger partial charge is 0.157 e. The lowest BCUT2D eigenvalue weighted by Gasteiger charge is -2.29. The maximum atomic E-state index is 6.13. The highest BCUT2D eigenvalue weighted by Gasteiger charge is 2.17. The highest BCUT2D eigenvalue weighted by atomic mass is 15.2. The summed E-state index contributed by atoms with van der Waals surface area (Å²) in [7, 11) is 0. The first-order chi connectivity index (χ1) is 8.18. The summed E-state index contributed by atoms with van der Waals surface area (Å²) >= 11 is 0. The normalized spacial score (nSPS) is 16.3. The minimum absolute atomic E-state index is 0.321. The predicted octanol–water partition coefficient (Wildman–Crippen LogP) is 1.87. The second-order valence-corrected chi connectivity index (χ2v) is 4.81. The minimum Gasteiger partial charge on any atom is -0.393 e. The SMILES string of the molecule is CC(C)Nc1ncnc(N2CCCCC2)c1N. The number of piperidine rings is 1. The molecule has 1 aromatic rings. The first-order valence-electron chi connectivity index (χ1n) is 6.30. The van der Waals surface area contributed by atoms with Gasteiger partial charge in [-0.3, -0.25) is 0 Å². The van der Waals surface area contributed by atoms with Crippen LogP contribution in [0.25, 0.3) is 0 Å². The van der Waals surface area contributed by atoms with Crippen molar-refractivity contribution >= 4 is 17.3 Å². The van der Waals surface area contributed by atoms with Crippen molar-refractivity contribution in [2.24, 2.45) is 0 Å². The van der Waals surface area contributed by atoms with E-state index in [4.69, 9.17) is 5.73 Å². The molecule has 0 radical (unpaired) electrons. The van der Waals surface area contributed by atoms with Gasteiger partial charge in [-0.05, 0) is 33.1 Å². The fraction of sp³-hybridized carbons (Fsp3) is 0.667. The zero-order chi connectivity index (χ0) is 12.3. The molecule has 1 aliphatic heterocycles. The maximum absolute atomic E-state index is 6.13. The molecular formula is C12H21N5. The Labute approximate surface area is 102 Å². The summed E-state index contributed by atoms with van der Waals surface area (Å²) < 4.78 is 0. The van der Waals surface area contributed by atoms with Crippen molar-refractivity contribution in [3.05, 3.63) is 6.33 Å². The van der Waals surface area contributed by atoms with E-state index in [1.165, 1.54) is 19.3 Å². The van der Waals surface area contributed by atoms with Crippen molar-refractivity contribution in [1.29, 1.82) is 0 Å². The molecule has 5 nitrogen and oxygen atoms in total. The number of nitrogens with two attached hydrogens (primary N) is 1. The Balaban J connectivity index is 2.21. The monoisotopic (exact) mass is 235 g/mol. The number of nitrogens with zero attached hydrogens (tertiary/aromatic N) is 3. The zero-order valence-corrected chi connectivity index (χ0v) is 10.6. The van der Waals surface area contributed by atoms with E-state index in [9.17, 15) is 0 Å². The van der Waals surface area contributed by atoms with E-state index in [0.29, 0.717) is 11.7 Å². The summed E-state index contributed by atoms with van der Waals surface area (Å²) in [5.41, 5.74) is 6.80. The van der Waals surface area contributed by atoms with Crippen molar-refractivity contribution in [2.45, 2.75) is 39.2 Å². The van der Waals surface area contributed by atoms with Crippen LogP contribution in [0.15, 0.2) is 6.33 Å². The average molecular weight is 235 g/mol. The molecule has 0 atom stereocenters. The molecule has 0 amide bonds. The molecule has 5 heteroatoms. The van der Waals surface area contributed by atoms with Crippen LogP contribution in [0.1, 0.15) is 33.1 Å². The topological polar surface area (TPSA) is 67.1 Å². The number of aromatic nitrogens is 2. The summed E-state index contributed by atoms with van der Waals surface area (Å²) in [4.78, 5) is 10.8. The lowest BCUT2D eigenvalue weighted by atomic mass is 10.1. The second kappa shape index (κ2) is 5.21. The van der Waals surface area contributed by atoms with Gasteiger partial charge in [0.2, 0.25) is 0 Å². The predicted molar refractivity (Wildman–Crippen MR) is 71.3 cm³/mol. The van der Waals surface area contributed by atoms with Crippen LogP contribution in [0.2, 0.25) is 0 Å². The summed E-state index contributed by atoms with van der Waals surface area (Å²) in [6, 6.07) is 0.321. The fourth-order valence-corrected chi connectivity index (χ4v) is 2.13. The standard InChI is InChI=1S/C12H21N5/c1-9(2)16-11-10(13)12(15-8-14-11)17-6-4-3-5-7-17/h8-9H,3-7,13H2,1-2H3,(H,14,15,16). The molecule has 0 spiro atoms. The van der Waals surface area contributed by atoms with Gasteiger partial charge in [-0.1, -0.05) is 0 Å². The van der Waals surface area contributed by atoms with Crippen LogP contribution >= 0.6 is 0 Å². The van der Waals surface area contributed by atoms with Gasteiger partial charge in [0.15, 0.2) is 11.6 Å². The molecular weight excluding hydrogens is 214 g/mol. The van der Waals surface area contributed by atoms with E-state index in [1.54, 1.807) is 6.33 Å².